The lowest BCUT2D eigenvalue weighted by Crippen LogP contribution is -2.43. The highest BCUT2D eigenvalue weighted by atomic mass is 19.1. The van der Waals surface area contributed by atoms with Crippen LogP contribution in [0, 0.1) is 17.5 Å². The van der Waals surface area contributed by atoms with Crippen LogP contribution in [0.4, 0.5) is 13.2 Å². The molecule has 3 aromatic heterocycles. The van der Waals surface area contributed by atoms with Gasteiger partial charge in [-0.2, -0.15) is 10.2 Å². The first-order valence-corrected chi connectivity index (χ1v) is 13.5. The van der Waals surface area contributed by atoms with E-state index in [0.29, 0.717) is 53.3 Å². The number of pyridine rings is 1. The predicted octanol–water partition coefficient (Wildman–Crippen LogP) is 3.38. The van der Waals surface area contributed by atoms with Crippen molar-refractivity contribution in [3.8, 4) is 22.4 Å². The number of fused-ring (bicyclic) bond motifs is 1. The van der Waals surface area contributed by atoms with Crippen molar-refractivity contribution in [1.29, 1.82) is 0 Å². The Hall–Kier alpha value is -4.88. The molecule has 5 aromatic rings. The summed E-state index contributed by atoms with van der Waals surface area (Å²) in [6.45, 7) is 0.827. The monoisotopic (exact) mass is 588 g/mol. The molecule has 0 aliphatic carbocycles. The van der Waals surface area contributed by atoms with Crippen LogP contribution in [0.2, 0.25) is 0 Å². The predicted molar refractivity (Wildman–Crippen MR) is 150 cm³/mol. The Kier molecular flexibility index (Phi) is 7.50. The van der Waals surface area contributed by atoms with Crippen LogP contribution in [-0.4, -0.2) is 65.6 Å². The van der Waals surface area contributed by atoms with E-state index in [4.69, 9.17) is 5.10 Å². The fraction of sp³-hybridized carbons (Fsp3) is 0.233. The van der Waals surface area contributed by atoms with Gasteiger partial charge in [0.15, 0.2) is 0 Å². The van der Waals surface area contributed by atoms with Crippen molar-refractivity contribution in [3.63, 3.8) is 0 Å². The van der Waals surface area contributed by atoms with E-state index in [1.54, 1.807) is 41.0 Å². The van der Waals surface area contributed by atoms with Crippen molar-refractivity contribution in [2.45, 2.75) is 25.2 Å². The van der Waals surface area contributed by atoms with Crippen LogP contribution in [0.1, 0.15) is 21.6 Å². The van der Waals surface area contributed by atoms with Crippen LogP contribution in [0.15, 0.2) is 73.6 Å². The Bertz CT molecular complexity index is 1770. The smallest absolute Gasteiger partial charge is 0.256 e. The summed E-state index contributed by atoms with van der Waals surface area (Å²) in [5.41, 5.74) is 1.90. The number of hydrogen-bond donors (Lipinski definition) is 2. The van der Waals surface area contributed by atoms with Gasteiger partial charge in [0.2, 0.25) is 0 Å². The van der Waals surface area contributed by atoms with E-state index in [1.165, 1.54) is 35.5 Å². The van der Waals surface area contributed by atoms with E-state index in [0.717, 1.165) is 12.1 Å². The van der Waals surface area contributed by atoms with Gasteiger partial charge >= 0.3 is 0 Å². The fourth-order valence-electron chi connectivity index (χ4n) is 5.30. The van der Waals surface area contributed by atoms with E-state index >= 15 is 0 Å². The number of nitrogens with zero attached hydrogens (tertiary/aromatic N) is 7. The third-order valence-electron chi connectivity index (χ3n) is 7.40. The normalized spacial score (nSPS) is 14.3. The van der Waals surface area contributed by atoms with Gasteiger partial charge in [-0.05, 0) is 36.4 Å². The van der Waals surface area contributed by atoms with Gasteiger partial charge in [0.25, 0.3) is 5.91 Å². The zero-order valence-corrected chi connectivity index (χ0v) is 23.1. The third-order valence-corrected chi connectivity index (χ3v) is 7.40. The number of rotatable bonds is 10. The van der Waals surface area contributed by atoms with Crippen molar-refractivity contribution in [2.24, 2.45) is 0 Å². The number of halogens is 3. The molecule has 1 unspecified atom stereocenters. The van der Waals surface area contributed by atoms with Crippen LogP contribution in [-0.2, 0) is 25.2 Å². The maximum absolute atomic E-state index is 14.7. The molecule has 10 nitrogen and oxygen atoms in total. The lowest BCUT2D eigenvalue weighted by molar-refractivity contribution is 0.0120. The summed E-state index contributed by atoms with van der Waals surface area (Å²) in [6, 6.07) is 10.7. The Labute approximate surface area is 244 Å². The van der Waals surface area contributed by atoms with Crippen LogP contribution in [0.5, 0.6) is 0 Å². The molecule has 4 heterocycles. The molecule has 1 amide bonds. The van der Waals surface area contributed by atoms with E-state index in [1.807, 2.05) is 6.20 Å². The number of aliphatic hydroxyl groups is 1. The summed E-state index contributed by atoms with van der Waals surface area (Å²) in [4.78, 5) is 22.8. The minimum atomic E-state index is -1.77. The molecule has 2 aromatic carbocycles. The number of nitrogens with one attached hydrogen (secondary N) is 1. The highest BCUT2D eigenvalue weighted by Crippen LogP contribution is 2.36. The Morgan fingerprint density at radius 2 is 1.81 bits per heavy atom. The minimum absolute atomic E-state index is 0.0851. The maximum atomic E-state index is 14.7. The number of benzene rings is 2. The molecule has 6 rings (SSSR count). The van der Waals surface area contributed by atoms with Gasteiger partial charge in [-0.15, -0.1) is 0 Å². The summed E-state index contributed by atoms with van der Waals surface area (Å²) in [7, 11) is 1.71. The zero-order chi connectivity index (χ0) is 30.1. The van der Waals surface area contributed by atoms with Crippen molar-refractivity contribution in [3.05, 3.63) is 108 Å². The summed E-state index contributed by atoms with van der Waals surface area (Å²) in [5.74, 6) is -2.16. The molecule has 2 N–H and O–H groups in total. The van der Waals surface area contributed by atoms with Gasteiger partial charge in [-0.25, -0.2) is 22.8 Å². The Balaban J connectivity index is 1.26. The van der Waals surface area contributed by atoms with E-state index < -0.39 is 17.2 Å². The second kappa shape index (κ2) is 11.4. The average Bonchev–Trinajstić information content (AvgIpc) is 3.71. The van der Waals surface area contributed by atoms with Crippen molar-refractivity contribution >= 4 is 5.91 Å². The molecule has 0 saturated carbocycles. The van der Waals surface area contributed by atoms with Crippen molar-refractivity contribution < 1.29 is 23.1 Å². The van der Waals surface area contributed by atoms with Gasteiger partial charge < -0.3 is 15.3 Å². The second-order valence-electron chi connectivity index (χ2n) is 10.4. The van der Waals surface area contributed by atoms with Gasteiger partial charge in [-0.1, -0.05) is 6.07 Å². The molecule has 0 saturated heterocycles. The summed E-state index contributed by atoms with van der Waals surface area (Å²) >= 11 is 0. The van der Waals surface area contributed by atoms with Crippen molar-refractivity contribution in [1.82, 2.24) is 39.7 Å². The van der Waals surface area contributed by atoms with Crippen LogP contribution in [0.3, 0.4) is 0 Å². The standard InChI is InChI=1S/C30H27F3N8O2/c1-39-14-26-27(29(39)42)22(8-9-36-26)23-13-40(38-28(23)19-2-4-20(31)5-3-19)11-10-34-15-30(43,16-41-18-35-17-37-41)24-7-6-21(32)12-25(24)33/h2-9,12-13,17-18,34,43H,10-11,14-16H2,1H3. The molecule has 0 fully saturated rings. The Morgan fingerprint density at radius 3 is 2.56 bits per heavy atom. The molecule has 1 aliphatic rings. The largest absolute Gasteiger partial charge is 0.382 e. The molecule has 220 valence electrons. The maximum Gasteiger partial charge on any atom is 0.256 e. The lowest BCUT2D eigenvalue weighted by Gasteiger charge is -2.29. The summed E-state index contributed by atoms with van der Waals surface area (Å²) in [6.07, 6.45) is 6.15. The fourth-order valence-corrected chi connectivity index (χ4v) is 5.30. The number of aromatic nitrogens is 6. The van der Waals surface area contributed by atoms with Gasteiger partial charge in [0.05, 0.1) is 30.9 Å². The first-order valence-electron chi connectivity index (χ1n) is 13.5. The average molecular weight is 589 g/mol. The number of carbonyl (C=O) groups is 1. The topological polar surface area (TPSA) is 114 Å². The first kappa shape index (κ1) is 28.2. The molecule has 1 atom stereocenters. The lowest BCUT2D eigenvalue weighted by atomic mass is 9.93. The number of carbonyl (C=O) groups excluding carboxylic acids is 1. The quantitative estimate of drug-likeness (QED) is 0.241. The highest BCUT2D eigenvalue weighted by molar-refractivity contribution is 6.05. The minimum Gasteiger partial charge on any atom is -0.382 e. The molecule has 1 aliphatic heterocycles. The van der Waals surface area contributed by atoms with Gasteiger partial charge in [0, 0.05) is 60.9 Å². The second-order valence-corrected chi connectivity index (χ2v) is 10.4. The van der Waals surface area contributed by atoms with E-state index in [2.05, 4.69) is 20.4 Å². The third kappa shape index (κ3) is 5.64. The highest BCUT2D eigenvalue weighted by Gasteiger charge is 2.34. The summed E-state index contributed by atoms with van der Waals surface area (Å²) < 4.78 is 45.1. The molecule has 13 heteroatoms. The molecule has 0 spiro atoms. The van der Waals surface area contributed by atoms with Gasteiger partial charge in [-0.3, -0.25) is 14.5 Å². The summed E-state index contributed by atoms with van der Waals surface area (Å²) in [5, 5.41) is 23.4. The molecule has 0 radical (unpaired) electrons. The Morgan fingerprint density at radius 1 is 1.02 bits per heavy atom. The van der Waals surface area contributed by atoms with Crippen LogP contribution < -0.4 is 5.32 Å². The van der Waals surface area contributed by atoms with Gasteiger partial charge in [0.1, 0.15) is 41.4 Å². The molecule has 0 bridgehead atoms. The molecular weight excluding hydrogens is 561 g/mol. The van der Waals surface area contributed by atoms with Crippen LogP contribution in [0.25, 0.3) is 22.4 Å². The molecular formula is C30H27F3N8O2. The van der Waals surface area contributed by atoms with E-state index in [-0.39, 0.29) is 30.4 Å². The number of hydrogen-bond acceptors (Lipinski definition) is 7. The molecule has 43 heavy (non-hydrogen) atoms. The SMILES string of the molecule is CN1Cc2nccc(-c3cn(CCNCC(O)(Cn4cncn4)c4ccc(F)cc4F)nc3-c3ccc(F)cc3)c2C1=O. The first-order chi connectivity index (χ1) is 20.7. The van der Waals surface area contributed by atoms with E-state index in [9.17, 15) is 23.1 Å². The van der Waals surface area contributed by atoms with Crippen LogP contribution >= 0.6 is 0 Å². The van der Waals surface area contributed by atoms with Crippen molar-refractivity contribution in [2.75, 3.05) is 20.1 Å². The number of amides is 1. The zero-order valence-electron chi connectivity index (χ0n) is 23.1.